The molecule has 102 valence electrons. The number of ketones is 1. The normalized spacial score (nSPS) is 24.8. The lowest BCUT2D eigenvalue weighted by Gasteiger charge is -2.27. The monoisotopic (exact) mass is 246 g/mol. The van der Waals surface area contributed by atoms with Gasteiger partial charge >= 0.3 is 0 Å². The molecule has 4 heteroatoms. The summed E-state index contributed by atoms with van der Waals surface area (Å²) < 4.78 is 0. The summed E-state index contributed by atoms with van der Waals surface area (Å²) in [4.78, 5) is 11.4. The van der Waals surface area contributed by atoms with E-state index < -0.39 is 6.10 Å². The van der Waals surface area contributed by atoms with E-state index >= 15 is 0 Å². The van der Waals surface area contributed by atoms with Crippen molar-refractivity contribution >= 4 is 5.78 Å². The quantitative estimate of drug-likeness (QED) is 0.693. The first-order valence-corrected chi connectivity index (χ1v) is 6.34. The van der Waals surface area contributed by atoms with Gasteiger partial charge in [0.25, 0.3) is 0 Å². The smallest absolute Gasteiger partial charge is 0.136 e. The maximum atomic E-state index is 11.4. The standard InChI is InChI=1S/C10H18O.C3H8O3/c1-7(2)9-5-4-8(3)6-10(9)11;4-1-3(6)2-5/h7-9H,4-6H2,1-3H3;3-6H,1-2H2/t8-,9+;/m0./s1. The van der Waals surface area contributed by atoms with E-state index in [1.165, 1.54) is 6.42 Å². The Bertz CT molecular complexity index is 211. The van der Waals surface area contributed by atoms with E-state index in [4.69, 9.17) is 15.3 Å². The average molecular weight is 246 g/mol. The zero-order chi connectivity index (χ0) is 13.4. The highest BCUT2D eigenvalue weighted by molar-refractivity contribution is 5.82. The third-order valence-corrected chi connectivity index (χ3v) is 3.16. The van der Waals surface area contributed by atoms with Gasteiger partial charge in [-0.3, -0.25) is 4.79 Å². The van der Waals surface area contributed by atoms with Crippen LogP contribution in [0.25, 0.3) is 0 Å². The van der Waals surface area contributed by atoms with Crippen LogP contribution in [0.3, 0.4) is 0 Å². The lowest BCUT2D eigenvalue weighted by molar-refractivity contribution is -0.127. The van der Waals surface area contributed by atoms with Gasteiger partial charge in [-0.15, -0.1) is 0 Å². The van der Waals surface area contributed by atoms with Gasteiger partial charge in [-0.2, -0.15) is 0 Å². The Labute approximate surface area is 104 Å². The van der Waals surface area contributed by atoms with Crippen molar-refractivity contribution in [2.45, 2.75) is 46.1 Å². The van der Waals surface area contributed by atoms with Crippen LogP contribution in [-0.2, 0) is 4.79 Å². The number of hydrogen-bond acceptors (Lipinski definition) is 4. The van der Waals surface area contributed by atoms with E-state index in [0.29, 0.717) is 23.5 Å². The molecule has 1 fully saturated rings. The summed E-state index contributed by atoms with van der Waals surface area (Å²) in [6.45, 7) is 5.75. The van der Waals surface area contributed by atoms with Gasteiger partial charge in [0.1, 0.15) is 11.9 Å². The lowest BCUT2D eigenvalue weighted by Crippen LogP contribution is -2.27. The van der Waals surface area contributed by atoms with Gasteiger partial charge in [0.05, 0.1) is 13.2 Å². The second-order valence-corrected chi connectivity index (χ2v) is 5.22. The number of carbonyl (C=O) groups excluding carboxylic acids is 1. The molecule has 17 heavy (non-hydrogen) atoms. The topological polar surface area (TPSA) is 77.8 Å². The molecule has 2 atom stereocenters. The molecule has 0 saturated heterocycles. The minimum atomic E-state index is -0.954. The number of rotatable bonds is 3. The van der Waals surface area contributed by atoms with E-state index in [2.05, 4.69) is 20.8 Å². The van der Waals surface area contributed by atoms with E-state index in [0.717, 1.165) is 12.8 Å². The maximum Gasteiger partial charge on any atom is 0.136 e. The van der Waals surface area contributed by atoms with Gasteiger partial charge in [0.2, 0.25) is 0 Å². The molecule has 0 bridgehead atoms. The van der Waals surface area contributed by atoms with Crippen LogP contribution in [0.4, 0.5) is 0 Å². The van der Waals surface area contributed by atoms with Gasteiger partial charge in [-0.05, 0) is 24.7 Å². The Kier molecular flexibility index (Phi) is 8.39. The van der Waals surface area contributed by atoms with Crippen LogP contribution in [0.5, 0.6) is 0 Å². The van der Waals surface area contributed by atoms with E-state index in [1.54, 1.807) is 0 Å². The molecule has 0 amide bonds. The molecule has 0 aromatic carbocycles. The average Bonchev–Trinajstić information content (AvgIpc) is 2.28. The summed E-state index contributed by atoms with van der Waals surface area (Å²) in [7, 11) is 0. The van der Waals surface area contributed by atoms with Crippen LogP contribution >= 0.6 is 0 Å². The van der Waals surface area contributed by atoms with Crippen molar-refractivity contribution in [3.63, 3.8) is 0 Å². The maximum absolute atomic E-state index is 11.4. The predicted molar refractivity (Wildman–Crippen MR) is 66.5 cm³/mol. The summed E-state index contributed by atoms with van der Waals surface area (Å²) in [5.74, 6) is 2.05. The SMILES string of the molecule is CC(C)[C@H]1CC[C@H](C)CC1=O.OCC(O)CO. The van der Waals surface area contributed by atoms with Crippen LogP contribution < -0.4 is 0 Å². The van der Waals surface area contributed by atoms with E-state index in [1.807, 2.05) is 0 Å². The summed E-state index contributed by atoms with van der Waals surface area (Å²) in [6.07, 6.45) is 2.24. The lowest BCUT2D eigenvalue weighted by atomic mass is 9.77. The molecule has 0 unspecified atom stereocenters. The van der Waals surface area contributed by atoms with Gasteiger partial charge < -0.3 is 15.3 Å². The Morgan fingerprint density at radius 1 is 1.24 bits per heavy atom. The molecule has 1 rings (SSSR count). The minimum Gasteiger partial charge on any atom is -0.394 e. The van der Waals surface area contributed by atoms with Crippen LogP contribution in [-0.4, -0.2) is 40.4 Å². The Morgan fingerprint density at radius 3 is 2.06 bits per heavy atom. The summed E-state index contributed by atoms with van der Waals surface area (Å²) >= 11 is 0. The largest absolute Gasteiger partial charge is 0.394 e. The van der Waals surface area contributed by atoms with Crippen molar-refractivity contribution < 1.29 is 20.1 Å². The fourth-order valence-corrected chi connectivity index (χ4v) is 1.98. The molecule has 1 aliphatic carbocycles. The zero-order valence-electron chi connectivity index (χ0n) is 11.1. The van der Waals surface area contributed by atoms with E-state index in [9.17, 15) is 4.79 Å². The summed E-state index contributed by atoms with van der Waals surface area (Å²) in [6, 6.07) is 0. The molecule has 0 radical (unpaired) electrons. The zero-order valence-corrected chi connectivity index (χ0v) is 11.1. The van der Waals surface area contributed by atoms with Gasteiger partial charge in [-0.1, -0.05) is 20.8 Å². The Hall–Kier alpha value is -0.450. The number of aliphatic hydroxyl groups excluding tert-OH is 3. The Morgan fingerprint density at radius 2 is 1.76 bits per heavy atom. The molecular formula is C13H26O4. The van der Waals surface area contributed by atoms with Crippen LogP contribution in [0.15, 0.2) is 0 Å². The summed E-state index contributed by atoms with van der Waals surface area (Å²) in [5.41, 5.74) is 0. The molecule has 1 aliphatic rings. The molecule has 3 N–H and O–H groups in total. The number of hydrogen-bond donors (Lipinski definition) is 3. The first kappa shape index (κ1) is 16.6. The molecular weight excluding hydrogens is 220 g/mol. The predicted octanol–water partition coefficient (Wildman–Crippen LogP) is 0.980. The molecule has 0 aliphatic heterocycles. The molecule has 0 spiro atoms. The van der Waals surface area contributed by atoms with Crippen molar-refractivity contribution in [1.82, 2.24) is 0 Å². The van der Waals surface area contributed by atoms with Crippen LogP contribution in [0, 0.1) is 17.8 Å². The minimum absolute atomic E-state index is 0.365. The van der Waals surface area contributed by atoms with Crippen molar-refractivity contribution in [3.8, 4) is 0 Å². The van der Waals surface area contributed by atoms with Crippen molar-refractivity contribution in [3.05, 3.63) is 0 Å². The van der Waals surface area contributed by atoms with Gasteiger partial charge in [0, 0.05) is 12.3 Å². The highest BCUT2D eigenvalue weighted by Gasteiger charge is 2.27. The first-order chi connectivity index (χ1) is 7.92. The van der Waals surface area contributed by atoms with Crippen molar-refractivity contribution in [1.29, 1.82) is 0 Å². The van der Waals surface area contributed by atoms with E-state index in [-0.39, 0.29) is 13.2 Å². The van der Waals surface area contributed by atoms with Gasteiger partial charge in [0.15, 0.2) is 0 Å². The molecule has 0 aromatic heterocycles. The van der Waals surface area contributed by atoms with Gasteiger partial charge in [-0.25, -0.2) is 0 Å². The molecule has 1 saturated carbocycles. The Balaban J connectivity index is 0.000000366. The number of aliphatic hydroxyl groups is 3. The van der Waals surface area contributed by atoms with Crippen molar-refractivity contribution in [2.24, 2.45) is 17.8 Å². The summed E-state index contributed by atoms with van der Waals surface area (Å²) in [5, 5.41) is 24.0. The van der Waals surface area contributed by atoms with Crippen LogP contribution in [0.2, 0.25) is 0 Å². The second-order valence-electron chi connectivity index (χ2n) is 5.22. The molecule has 0 aromatic rings. The molecule has 4 nitrogen and oxygen atoms in total. The highest BCUT2D eigenvalue weighted by atomic mass is 16.3. The second kappa shape index (κ2) is 8.61. The third-order valence-electron chi connectivity index (χ3n) is 3.16. The molecule has 0 heterocycles. The third kappa shape index (κ3) is 6.76. The fourth-order valence-electron chi connectivity index (χ4n) is 1.98. The number of Topliss-reactive ketones (excluding diaryl/α,β-unsaturated/α-hetero) is 1. The van der Waals surface area contributed by atoms with Crippen molar-refractivity contribution in [2.75, 3.05) is 13.2 Å². The number of carbonyl (C=O) groups is 1. The van der Waals surface area contributed by atoms with Crippen LogP contribution in [0.1, 0.15) is 40.0 Å². The first-order valence-electron chi connectivity index (χ1n) is 6.34. The highest BCUT2D eigenvalue weighted by Crippen LogP contribution is 2.29. The fraction of sp³-hybridized carbons (Fsp3) is 0.923.